The second-order valence-corrected chi connectivity index (χ2v) is 6.09. The number of hydrogen-bond acceptors (Lipinski definition) is 3. The van der Waals surface area contributed by atoms with Crippen molar-refractivity contribution in [1.82, 2.24) is 10.2 Å². The lowest BCUT2D eigenvalue weighted by atomic mass is 10.1. The Kier molecular flexibility index (Phi) is 4.82. The van der Waals surface area contributed by atoms with E-state index in [2.05, 4.69) is 23.7 Å². The molecule has 1 aromatic rings. The van der Waals surface area contributed by atoms with Gasteiger partial charge < -0.3 is 15.0 Å². The van der Waals surface area contributed by atoms with Crippen LogP contribution in [0.5, 0.6) is 0 Å². The topological polar surface area (TPSA) is 41.6 Å². The first-order valence-electron chi connectivity index (χ1n) is 6.79. The maximum absolute atomic E-state index is 12.2. The number of morpholine rings is 1. The molecule has 0 bridgehead atoms. The molecule has 0 aromatic carbocycles. The molecule has 1 aliphatic rings. The summed E-state index contributed by atoms with van der Waals surface area (Å²) in [5.74, 6) is 0.359. The zero-order valence-electron chi connectivity index (χ0n) is 11.8. The van der Waals surface area contributed by atoms with Gasteiger partial charge in [-0.2, -0.15) is 0 Å². The lowest BCUT2D eigenvalue weighted by molar-refractivity contribution is -0.0376. The second-order valence-electron chi connectivity index (χ2n) is 5.11. The Morgan fingerprint density at radius 2 is 2.42 bits per heavy atom. The Morgan fingerprint density at radius 1 is 1.63 bits per heavy atom. The molecule has 3 unspecified atom stereocenters. The fourth-order valence-electron chi connectivity index (χ4n) is 2.23. The van der Waals surface area contributed by atoms with E-state index in [0.717, 1.165) is 0 Å². The van der Waals surface area contributed by atoms with Crippen LogP contribution in [0.1, 0.15) is 31.6 Å². The Labute approximate surface area is 118 Å². The molecule has 0 aliphatic carbocycles. The summed E-state index contributed by atoms with van der Waals surface area (Å²) >= 11 is 1.73. The smallest absolute Gasteiger partial charge is 0.317 e. The summed E-state index contributed by atoms with van der Waals surface area (Å²) in [4.78, 5) is 15.4. The van der Waals surface area contributed by atoms with E-state index < -0.39 is 0 Å². The third-order valence-corrected chi connectivity index (χ3v) is 4.84. The van der Waals surface area contributed by atoms with Gasteiger partial charge in [0.1, 0.15) is 0 Å². The Morgan fingerprint density at radius 3 is 3.11 bits per heavy atom. The minimum absolute atomic E-state index is 0.0195. The number of hydrogen-bond donors (Lipinski definition) is 1. The molecule has 2 rings (SSSR count). The van der Waals surface area contributed by atoms with E-state index in [0.29, 0.717) is 25.6 Å². The molecular formula is C14H22N2O2S. The molecule has 1 aromatic heterocycles. The van der Waals surface area contributed by atoms with Crippen LogP contribution < -0.4 is 5.32 Å². The van der Waals surface area contributed by atoms with Crippen LogP contribution in [0, 0.1) is 0 Å². The van der Waals surface area contributed by atoms with E-state index >= 15 is 0 Å². The van der Waals surface area contributed by atoms with Crippen molar-refractivity contribution in [2.24, 2.45) is 0 Å². The van der Waals surface area contributed by atoms with Crippen LogP contribution in [0.3, 0.4) is 0 Å². The van der Waals surface area contributed by atoms with Crippen LogP contribution in [0.25, 0.3) is 0 Å². The molecule has 0 radical (unpaired) electrons. The third-order valence-electron chi connectivity index (χ3n) is 3.73. The Hall–Kier alpha value is -1.07. The normalized spacial score (nSPS) is 25.1. The van der Waals surface area contributed by atoms with Crippen molar-refractivity contribution in [2.75, 3.05) is 19.7 Å². The van der Waals surface area contributed by atoms with Gasteiger partial charge in [0, 0.05) is 23.9 Å². The van der Waals surface area contributed by atoms with E-state index in [-0.39, 0.29) is 18.2 Å². The first-order valence-corrected chi connectivity index (χ1v) is 7.67. The van der Waals surface area contributed by atoms with Crippen molar-refractivity contribution in [2.45, 2.75) is 38.8 Å². The van der Waals surface area contributed by atoms with E-state index in [1.165, 1.54) is 4.88 Å². The van der Waals surface area contributed by atoms with Gasteiger partial charge in [0.25, 0.3) is 0 Å². The average Bonchev–Trinajstić information content (AvgIpc) is 2.93. The molecule has 19 heavy (non-hydrogen) atoms. The molecule has 1 N–H and O–H groups in total. The molecule has 2 heterocycles. The molecule has 106 valence electrons. The van der Waals surface area contributed by atoms with Gasteiger partial charge in [-0.25, -0.2) is 4.79 Å². The van der Waals surface area contributed by atoms with E-state index in [1.54, 1.807) is 11.3 Å². The third kappa shape index (κ3) is 3.48. The van der Waals surface area contributed by atoms with Crippen molar-refractivity contribution in [3.05, 3.63) is 22.4 Å². The quantitative estimate of drug-likeness (QED) is 0.926. The molecule has 1 fully saturated rings. The van der Waals surface area contributed by atoms with Crippen molar-refractivity contribution in [3.8, 4) is 0 Å². The number of urea groups is 1. The second kappa shape index (κ2) is 6.39. The van der Waals surface area contributed by atoms with Crippen LogP contribution in [0.2, 0.25) is 0 Å². The van der Waals surface area contributed by atoms with Crippen LogP contribution in [0.15, 0.2) is 17.5 Å². The number of carbonyl (C=O) groups excluding carboxylic acids is 1. The minimum Gasteiger partial charge on any atom is -0.375 e. The summed E-state index contributed by atoms with van der Waals surface area (Å²) in [6, 6.07) is 4.31. The largest absolute Gasteiger partial charge is 0.375 e. The van der Waals surface area contributed by atoms with Gasteiger partial charge in [-0.1, -0.05) is 13.0 Å². The van der Waals surface area contributed by atoms with Crippen LogP contribution in [0.4, 0.5) is 4.79 Å². The zero-order chi connectivity index (χ0) is 13.8. The van der Waals surface area contributed by atoms with Crippen molar-refractivity contribution >= 4 is 17.4 Å². The molecular weight excluding hydrogens is 260 g/mol. The highest BCUT2D eigenvalue weighted by atomic mass is 32.1. The molecule has 3 atom stereocenters. The van der Waals surface area contributed by atoms with Gasteiger partial charge in [0.15, 0.2) is 0 Å². The lowest BCUT2D eigenvalue weighted by Crippen LogP contribution is -2.54. The monoisotopic (exact) mass is 282 g/mol. The van der Waals surface area contributed by atoms with Gasteiger partial charge in [0.2, 0.25) is 0 Å². The highest BCUT2D eigenvalue weighted by molar-refractivity contribution is 7.10. The number of rotatable bonds is 3. The fourth-order valence-corrected chi connectivity index (χ4v) is 3.02. The summed E-state index contributed by atoms with van der Waals surface area (Å²) in [7, 11) is 0. The number of thiophene rings is 1. The van der Waals surface area contributed by atoms with E-state index in [4.69, 9.17) is 4.74 Å². The molecule has 1 aliphatic heterocycles. The van der Waals surface area contributed by atoms with E-state index in [1.807, 2.05) is 24.8 Å². The highest BCUT2D eigenvalue weighted by Gasteiger charge is 2.29. The molecule has 1 saturated heterocycles. The summed E-state index contributed by atoms with van der Waals surface area (Å²) in [6.45, 7) is 8.16. The Balaban J connectivity index is 1.84. The molecule has 5 heteroatoms. The maximum atomic E-state index is 12.2. The standard InChI is InChI=1S/C14H22N2O2S/c1-10(13-5-4-8-19-13)9-15-14(17)16-6-7-18-12(3)11(16)2/h4-5,8,10-12H,6-7,9H2,1-3H3,(H,15,17). The number of ether oxygens (including phenoxy) is 1. The summed E-state index contributed by atoms with van der Waals surface area (Å²) < 4.78 is 5.53. The number of amides is 2. The average molecular weight is 282 g/mol. The maximum Gasteiger partial charge on any atom is 0.317 e. The van der Waals surface area contributed by atoms with Crippen LogP contribution in [-0.4, -0.2) is 42.8 Å². The summed E-state index contributed by atoms with van der Waals surface area (Å²) in [5, 5.41) is 5.10. The number of nitrogens with zero attached hydrogens (tertiary/aromatic N) is 1. The predicted molar refractivity (Wildman–Crippen MR) is 77.7 cm³/mol. The first kappa shape index (κ1) is 14.3. The van der Waals surface area contributed by atoms with Gasteiger partial charge in [-0.05, 0) is 25.3 Å². The predicted octanol–water partition coefficient (Wildman–Crippen LogP) is 2.67. The van der Waals surface area contributed by atoms with Gasteiger partial charge in [-0.3, -0.25) is 0 Å². The fraction of sp³-hybridized carbons (Fsp3) is 0.643. The lowest BCUT2D eigenvalue weighted by Gasteiger charge is -2.37. The zero-order valence-corrected chi connectivity index (χ0v) is 12.6. The van der Waals surface area contributed by atoms with Crippen LogP contribution in [-0.2, 0) is 4.74 Å². The SMILES string of the molecule is CC(CNC(=O)N1CCOC(C)C1C)c1cccs1. The Bertz CT molecular complexity index is 408. The molecule has 0 saturated carbocycles. The summed E-state index contributed by atoms with van der Waals surface area (Å²) in [6.07, 6.45) is 0.106. The van der Waals surface area contributed by atoms with Crippen molar-refractivity contribution < 1.29 is 9.53 Å². The number of carbonyl (C=O) groups is 1. The minimum atomic E-state index is 0.0195. The highest BCUT2D eigenvalue weighted by Crippen LogP contribution is 2.20. The summed E-state index contributed by atoms with van der Waals surface area (Å²) in [5.41, 5.74) is 0. The number of nitrogens with one attached hydrogen (secondary N) is 1. The van der Waals surface area contributed by atoms with E-state index in [9.17, 15) is 4.79 Å². The van der Waals surface area contributed by atoms with Gasteiger partial charge in [0.05, 0.1) is 18.8 Å². The van der Waals surface area contributed by atoms with Crippen molar-refractivity contribution in [1.29, 1.82) is 0 Å². The van der Waals surface area contributed by atoms with Gasteiger partial charge >= 0.3 is 6.03 Å². The first-order chi connectivity index (χ1) is 9.09. The molecule has 2 amide bonds. The molecule has 4 nitrogen and oxygen atoms in total. The van der Waals surface area contributed by atoms with Crippen LogP contribution >= 0.6 is 11.3 Å². The molecule has 0 spiro atoms. The van der Waals surface area contributed by atoms with Gasteiger partial charge in [-0.15, -0.1) is 11.3 Å². The van der Waals surface area contributed by atoms with Crippen molar-refractivity contribution in [3.63, 3.8) is 0 Å².